The van der Waals surface area contributed by atoms with Crippen LogP contribution in [0.5, 0.6) is 0 Å². The molecule has 1 heterocycles. The zero-order valence-corrected chi connectivity index (χ0v) is 12.6. The molecule has 106 valence electrons. The van der Waals surface area contributed by atoms with Crippen molar-refractivity contribution in [3.05, 3.63) is 48.7 Å². The van der Waals surface area contributed by atoms with Crippen molar-refractivity contribution in [2.45, 2.75) is 39.8 Å². The lowest BCUT2D eigenvalue weighted by Gasteiger charge is -2.30. The Labute approximate surface area is 121 Å². The number of benzene rings is 1. The van der Waals surface area contributed by atoms with Gasteiger partial charge in [0, 0.05) is 11.8 Å². The van der Waals surface area contributed by atoms with E-state index in [0.717, 1.165) is 16.9 Å². The number of hydrogen-bond acceptors (Lipinski definition) is 3. The van der Waals surface area contributed by atoms with E-state index >= 15 is 0 Å². The highest BCUT2D eigenvalue weighted by Gasteiger charge is 2.18. The Kier molecular flexibility index (Phi) is 4.74. The summed E-state index contributed by atoms with van der Waals surface area (Å²) in [4.78, 5) is 10.5. The van der Waals surface area contributed by atoms with Crippen molar-refractivity contribution in [2.24, 2.45) is 0 Å². The quantitative estimate of drug-likeness (QED) is 0.757. The highest BCUT2D eigenvalue weighted by Crippen LogP contribution is 2.30. The van der Waals surface area contributed by atoms with Crippen LogP contribution in [0.3, 0.4) is 0 Å². The molecule has 0 unspecified atom stereocenters. The van der Waals surface area contributed by atoms with E-state index in [9.17, 15) is 0 Å². The molecular weight excluding hydrogens is 248 g/mol. The predicted octanol–water partition coefficient (Wildman–Crippen LogP) is 4.30. The van der Waals surface area contributed by atoms with E-state index in [1.807, 2.05) is 49.4 Å². The van der Waals surface area contributed by atoms with Gasteiger partial charge < -0.3 is 0 Å². The van der Waals surface area contributed by atoms with Crippen molar-refractivity contribution in [3.8, 4) is 11.3 Å². The highest BCUT2D eigenvalue weighted by atomic mass is 16.7. The Hall–Kier alpha value is -1.87. The average Bonchev–Trinajstić information content (AvgIpc) is 2.45. The molecule has 0 N–H and O–H groups in total. The van der Waals surface area contributed by atoms with Crippen LogP contribution in [0.2, 0.25) is 0 Å². The maximum atomic E-state index is 5.95. The van der Waals surface area contributed by atoms with Gasteiger partial charge in [-0.05, 0) is 39.8 Å². The van der Waals surface area contributed by atoms with Gasteiger partial charge in [0.1, 0.15) is 0 Å². The van der Waals surface area contributed by atoms with Crippen LogP contribution in [0.25, 0.3) is 11.3 Å². The average molecular weight is 270 g/mol. The molecule has 0 aliphatic carbocycles. The van der Waals surface area contributed by atoms with Gasteiger partial charge in [-0.15, -0.1) is 0 Å². The van der Waals surface area contributed by atoms with Crippen LogP contribution in [0, 0.1) is 0 Å². The summed E-state index contributed by atoms with van der Waals surface area (Å²) in [6.07, 6.45) is 1.95. The van der Waals surface area contributed by atoms with E-state index in [1.165, 1.54) is 0 Å². The minimum absolute atomic E-state index is 0.126. The van der Waals surface area contributed by atoms with Gasteiger partial charge in [0.05, 0.1) is 23.5 Å². The lowest BCUT2D eigenvalue weighted by atomic mass is 10.1. The topological polar surface area (TPSA) is 25.4 Å². The van der Waals surface area contributed by atoms with E-state index in [1.54, 1.807) is 0 Å². The fourth-order valence-electron chi connectivity index (χ4n) is 2.08. The predicted molar refractivity (Wildman–Crippen MR) is 83.5 cm³/mol. The lowest BCUT2D eigenvalue weighted by molar-refractivity contribution is 0.0438. The van der Waals surface area contributed by atoms with Gasteiger partial charge in [-0.2, -0.15) is 0 Å². The summed E-state index contributed by atoms with van der Waals surface area (Å²) >= 11 is 0. The van der Waals surface area contributed by atoms with Crippen molar-refractivity contribution in [1.29, 1.82) is 0 Å². The van der Waals surface area contributed by atoms with E-state index in [4.69, 9.17) is 4.84 Å². The van der Waals surface area contributed by atoms with Gasteiger partial charge >= 0.3 is 0 Å². The molecule has 0 aliphatic rings. The van der Waals surface area contributed by atoms with Gasteiger partial charge in [-0.3, -0.25) is 9.82 Å². The van der Waals surface area contributed by atoms with Crippen LogP contribution in [0.4, 0.5) is 5.69 Å². The molecule has 0 amide bonds. The first kappa shape index (κ1) is 14.5. The third-order valence-electron chi connectivity index (χ3n) is 2.86. The fourth-order valence-corrected chi connectivity index (χ4v) is 2.08. The van der Waals surface area contributed by atoms with Crippen molar-refractivity contribution in [1.82, 2.24) is 4.98 Å². The Balaban J connectivity index is 2.45. The highest BCUT2D eigenvalue weighted by molar-refractivity contribution is 5.74. The number of pyridine rings is 1. The van der Waals surface area contributed by atoms with Gasteiger partial charge in [-0.1, -0.05) is 30.3 Å². The van der Waals surface area contributed by atoms with Crippen LogP contribution in [-0.4, -0.2) is 17.1 Å². The van der Waals surface area contributed by atoms with Gasteiger partial charge in [-0.25, -0.2) is 5.06 Å². The summed E-state index contributed by atoms with van der Waals surface area (Å²) in [7, 11) is 0. The number of nitrogens with zero attached hydrogens (tertiary/aromatic N) is 2. The second-order valence-corrected chi connectivity index (χ2v) is 5.31. The normalized spacial score (nSPS) is 11.1. The molecule has 3 nitrogen and oxygen atoms in total. The Morgan fingerprint density at radius 1 is 0.950 bits per heavy atom. The summed E-state index contributed by atoms with van der Waals surface area (Å²) in [5, 5.41) is 1.94. The maximum Gasteiger partial charge on any atom is 0.0958 e. The third kappa shape index (κ3) is 3.36. The van der Waals surface area contributed by atoms with Crippen molar-refractivity contribution in [3.63, 3.8) is 0 Å². The van der Waals surface area contributed by atoms with E-state index < -0.39 is 0 Å². The molecule has 0 aliphatic heterocycles. The molecule has 0 saturated carbocycles. The molecule has 0 radical (unpaired) electrons. The Morgan fingerprint density at radius 2 is 1.65 bits per heavy atom. The van der Waals surface area contributed by atoms with Crippen LogP contribution >= 0.6 is 0 Å². The second kappa shape index (κ2) is 6.53. The summed E-state index contributed by atoms with van der Waals surface area (Å²) in [6.45, 7) is 8.30. The molecule has 0 atom stereocenters. The molecule has 0 saturated heterocycles. The van der Waals surface area contributed by atoms with Crippen molar-refractivity contribution < 1.29 is 4.84 Å². The number of rotatable bonds is 5. The first-order valence-corrected chi connectivity index (χ1v) is 7.06. The number of hydroxylamine groups is 1. The summed E-state index contributed by atoms with van der Waals surface area (Å²) < 4.78 is 0. The molecule has 1 aromatic carbocycles. The zero-order chi connectivity index (χ0) is 14.5. The van der Waals surface area contributed by atoms with E-state index in [0.29, 0.717) is 0 Å². The molecule has 0 fully saturated rings. The second-order valence-electron chi connectivity index (χ2n) is 5.31. The first-order valence-electron chi connectivity index (χ1n) is 7.06. The monoisotopic (exact) mass is 270 g/mol. The van der Waals surface area contributed by atoms with Gasteiger partial charge in [0.2, 0.25) is 0 Å². The molecule has 0 spiro atoms. The molecule has 2 aromatic rings. The largest absolute Gasteiger partial charge is 0.270 e. The van der Waals surface area contributed by atoms with E-state index in [2.05, 4.69) is 37.0 Å². The lowest BCUT2D eigenvalue weighted by Crippen LogP contribution is -2.34. The van der Waals surface area contributed by atoms with Crippen LogP contribution in [-0.2, 0) is 4.84 Å². The Bertz CT molecular complexity index is 538. The molecule has 20 heavy (non-hydrogen) atoms. The molecule has 2 rings (SSSR count). The van der Waals surface area contributed by atoms with Crippen molar-refractivity contribution >= 4 is 5.69 Å². The van der Waals surface area contributed by atoms with Crippen molar-refractivity contribution in [2.75, 3.05) is 5.06 Å². The zero-order valence-electron chi connectivity index (χ0n) is 12.6. The first-order chi connectivity index (χ1) is 9.59. The van der Waals surface area contributed by atoms with Crippen LogP contribution in [0.15, 0.2) is 48.7 Å². The SMILES string of the molecule is CC(C)ON(c1cccnc1-c1ccccc1)C(C)C. The van der Waals surface area contributed by atoms with E-state index in [-0.39, 0.29) is 12.1 Å². The van der Waals surface area contributed by atoms with Crippen LogP contribution < -0.4 is 5.06 Å². The summed E-state index contributed by atoms with van der Waals surface area (Å²) in [5.41, 5.74) is 3.05. The van der Waals surface area contributed by atoms with Crippen LogP contribution in [0.1, 0.15) is 27.7 Å². The summed E-state index contributed by atoms with van der Waals surface area (Å²) in [5.74, 6) is 0. The fraction of sp³-hybridized carbons (Fsp3) is 0.353. The van der Waals surface area contributed by atoms with Gasteiger partial charge in [0.15, 0.2) is 0 Å². The molecule has 1 aromatic heterocycles. The smallest absolute Gasteiger partial charge is 0.0958 e. The molecule has 3 heteroatoms. The summed E-state index contributed by atoms with van der Waals surface area (Å²) in [6, 6.07) is 14.4. The maximum absolute atomic E-state index is 5.95. The standard InChI is InChI=1S/C17H22N2O/c1-13(2)19(20-14(3)4)16-11-8-12-18-17(16)15-9-6-5-7-10-15/h5-14H,1-4H3. The minimum atomic E-state index is 0.126. The number of anilines is 1. The number of aromatic nitrogens is 1. The van der Waals surface area contributed by atoms with Gasteiger partial charge in [0.25, 0.3) is 0 Å². The minimum Gasteiger partial charge on any atom is -0.270 e. The molecule has 0 bridgehead atoms. The third-order valence-corrected chi connectivity index (χ3v) is 2.86. The Morgan fingerprint density at radius 3 is 2.25 bits per heavy atom. The number of hydrogen-bond donors (Lipinski definition) is 0. The molecular formula is C17H22N2O.